The van der Waals surface area contributed by atoms with E-state index in [1.165, 1.54) is 0 Å². The van der Waals surface area contributed by atoms with Crippen LogP contribution in [0.5, 0.6) is 0 Å². The first kappa shape index (κ1) is 9.82. The largest absolute Gasteiger partial charge is 0.394 e. The lowest BCUT2D eigenvalue weighted by atomic mass is 10.0. The van der Waals surface area contributed by atoms with Gasteiger partial charge in [0.25, 0.3) is 0 Å². The van der Waals surface area contributed by atoms with Crippen molar-refractivity contribution in [1.82, 2.24) is 0 Å². The molecule has 0 aromatic rings. The molecule has 1 unspecified atom stereocenters. The van der Waals surface area contributed by atoms with Crippen molar-refractivity contribution in [2.75, 3.05) is 6.61 Å². The molecule has 0 spiro atoms. The monoisotopic (exact) mass is 181 g/mol. The fourth-order valence-corrected chi connectivity index (χ4v) is 1.06. The summed E-state index contributed by atoms with van der Waals surface area (Å²) < 4.78 is 17.1. The van der Waals surface area contributed by atoms with Crippen molar-refractivity contribution in [3.05, 3.63) is 0 Å². The second kappa shape index (κ2) is 3.63. The molecule has 72 valence electrons. The molecule has 1 rings (SSSR count). The van der Waals surface area contributed by atoms with Gasteiger partial charge in [-0.3, -0.25) is 0 Å². The van der Waals surface area contributed by atoms with Gasteiger partial charge in [-0.05, 0) is 0 Å². The lowest BCUT2D eigenvalue weighted by molar-refractivity contribution is -0.271. The van der Waals surface area contributed by atoms with Crippen LogP contribution in [0.15, 0.2) is 0 Å². The van der Waals surface area contributed by atoms with E-state index in [2.05, 4.69) is 4.74 Å². The van der Waals surface area contributed by atoms with Crippen molar-refractivity contribution in [2.24, 2.45) is 0 Å². The van der Waals surface area contributed by atoms with E-state index in [4.69, 9.17) is 20.4 Å². The van der Waals surface area contributed by atoms with Gasteiger partial charge in [0.2, 0.25) is 0 Å². The number of halogens is 1. The molecule has 0 saturated carbocycles. The highest BCUT2D eigenvalue weighted by Gasteiger charge is 2.43. The number of alkyl halides is 1. The van der Waals surface area contributed by atoms with Crippen LogP contribution >= 0.6 is 0 Å². The van der Waals surface area contributed by atoms with Crippen molar-refractivity contribution in [3.8, 4) is 0 Å². The number of hydrogen-bond acceptors (Lipinski definition) is 5. The summed E-state index contributed by atoms with van der Waals surface area (Å²) in [6.45, 7) is -0.581. The van der Waals surface area contributed by atoms with E-state index in [9.17, 15) is 4.39 Å². The number of ether oxygens (including phenoxy) is 1. The molecule has 5 nitrogen and oxygen atoms in total. The summed E-state index contributed by atoms with van der Waals surface area (Å²) >= 11 is 0. The van der Waals surface area contributed by atoms with Gasteiger partial charge >= 0.3 is 0 Å². The molecular formula is C6H11FO5. The van der Waals surface area contributed by atoms with Crippen molar-refractivity contribution in [1.29, 1.82) is 0 Å². The average Bonchev–Trinajstić information content (AvgIpc) is 2.08. The van der Waals surface area contributed by atoms with Gasteiger partial charge in [0.1, 0.15) is 18.3 Å². The lowest BCUT2D eigenvalue weighted by Crippen LogP contribution is -2.56. The molecule has 1 fully saturated rings. The van der Waals surface area contributed by atoms with Gasteiger partial charge in [-0.1, -0.05) is 0 Å². The van der Waals surface area contributed by atoms with Crippen molar-refractivity contribution in [3.63, 3.8) is 0 Å². The van der Waals surface area contributed by atoms with Gasteiger partial charge in [0.05, 0.1) is 6.61 Å². The normalized spacial score (nSPS) is 49.2. The standard InChI is InChI=1S/C6H11FO5/c7-3-5(10)4(9)2(1-8)12-6(3)11/h2-6,8-11H,1H2/t2-,3+,4-,5-,6?/m1/s1/i7-1. The molecule has 5 atom stereocenters. The van der Waals surface area contributed by atoms with Crippen LogP contribution in [-0.4, -0.2) is 57.8 Å². The Balaban J connectivity index is 2.63. The highest BCUT2D eigenvalue weighted by molar-refractivity contribution is 4.88. The van der Waals surface area contributed by atoms with E-state index >= 15 is 0 Å². The minimum Gasteiger partial charge on any atom is -0.394 e. The Labute approximate surface area is 68.0 Å². The molecule has 1 aliphatic heterocycles. The molecular weight excluding hydrogens is 170 g/mol. The summed E-state index contributed by atoms with van der Waals surface area (Å²) in [6, 6.07) is 0. The Bertz CT molecular complexity index is 150. The molecule has 1 aliphatic rings. The summed E-state index contributed by atoms with van der Waals surface area (Å²) in [5.74, 6) is 0. The third-order valence-corrected chi connectivity index (χ3v) is 1.82. The number of hydrogen-bond donors (Lipinski definition) is 4. The van der Waals surface area contributed by atoms with Gasteiger partial charge in [0.15, 0.2) is 12.5 Å². The number of rotatable bonds is 1. The highest BCUT2D eigenvalue weighted by atomic mass is 18.2. The molecule has 1 heterocycles. The SMILES string of the molecule is OC[C@H]1OC(O)[C@@H]([18F])[C@@H](O)[C@@H]1O. The van der Waals surface area contributed by atoms with Crippen LogP contribution in [-0.2, 0) is 4.74 Å². The first-order chi connectivity index (χ1) is 5.57. The maximum Gasteiger partial charge on any atom is 0.189 e. The predicted molar refractivity (Wildman–Crippen MR) is 34.9 cm³/mol. The molecule has 0 radical (unpaired) electrons. The van der Waals surface area contributed by atoms with E-state index in [1.54, 1.807) is 0 Å². The quantitative estimate of drug-likeness (QED) is 0.367. The van der Waals surface area contributed by atoms with Gasteiger partial charge in [-0.15, -0.1) is 0 Å². The maximum atomic E-state index is 12.7. The summed E-state index contributed by atoms with van der Waals surface area (Å²) in [6.07, 6.45) is -8.19. The first-order valence-electron chi connectivity index (χ1n) is 3.52. The van der Waals surface area contributed by atoms with Crippen LogP contribution in [0.25, 0.3) is 0 Å². The van der Waals surface area contributed by atoms with Crippen LogP contribution in [0.1, 0.15) is 0 Å². The number of aliphatic hydroxyl groups is 4. The van der Waals surface area contributed by atoms with E-state index in [0.29, 0.717) is 0 Å². The Kier molecular flexibility index (Phi) is 2.97. The Hall–Kier alpha value is -0.270. The van der Waals surface area contributed by atoms with E-state index < -0.39 is 37.4 Å². The van der Waals surface area contributed by atoms with Gasteiger partial charge in [0, 0.05) is 0 Å². The maximum absolute atomic E-state index is 12.7. The molecule has 0 aromatic heterocycles. The van der Waals surface area contributed by atoms with Gasteiger partial charge in [-0.2, -0.15) is 0 Å². The summed E-state index contributed by atoms with van der Waals surface area (Å²) in [4.78, 5) is 0. The van der Waals surface area contributed by atoms with Gasteiger partial charge < -0.3 is 25.2 Å². The van der Waals surface area contributed by atoms with Crippen molar-refractivity contribution >= 4 is 0 Å². The molecule has 0 aliphatic carbocycles. The second-order valence-electron chi connectivity index (χ2n) is 2.67. The summed E-state index contributed by atoms with van der Waals surface area (Å²) in [5, 5.41) is 35.3. The minimum absolute atomic E-state index is 0.581. The Morgan fingerprint density at radius 2 is 1.75 bits per heavy atom. The summed E-state index contributed by atoms with van der Waals surface area (Å²) in [5.41, 5.74) is 0. The van der Waals surface area contributed by atoms with Crippen molar-refractivity contribution in [2.45, 2.75) is 30.8 Å². The smallest absolute Gasteiger partial charge is 0.189 e. The molecule has 4 N–H and O–H groups in total. The fourth-order valence-electron chi connectivity index (χ4n) is 1.06. The minimum atomic E-state index is -2.04. The lowest BCUT2D eigenvalue weighted by Gasteiger charge is -2.36. The first-order valence-corrected chi connectivity index (χ1v) is 3.52. The highest BCUT2D eigenvalue weighted by Crippen LogP contribution is 2.21. The van der Waals surface area contributed by atoms with E-state index in [1.807, 2.05) is 0 Å². The second-order valence-corrected chi connectivity index (χ2v) is 2.67. The van der Waals surface area contributed by atoms with Crippen LogP contribution < -0.4 is 0 Å². The molecule has 12 heavy (non-hydrogen) atoms. The van der Waals surface area contributed by atoms with Crippen LogP contribution in [0.4, 0.5) is 4.39 Å². The molecule has 1 saturated heterocycles. The molecule has 0 amide bonds. The molecule has 0 bridgehead atoms. The zero-order valence-corrected chi connectivity index (χ0v) is 6.17. The van der Waals surface area contributed by atoms with Crippen LogP contribution in [0.2, 0.25) is 0 Å². The molecule has 0 aromatic carbocycles. The number of aliphatic hydroxyl groups excluding tert-OH is 4. The predicted octanol–water partition coefficient (Wildman–Crippen LogP) is -2.24. The molecule has 6 heteroatoms. The van der Waals surface area contributed by atoms with Crippen LogP contribution in [0.3, 0.4) is 0 Å². The average molecular weight is 181 g/mol. The van der Waals surface area contributed by atoms with E-state index in [-0.39, 0.29) is 0 Å². The van der Waals surface area contributed by atoms with E-state index in [0.717, 1.165) is 0 Å². The van der Waals surface area contributed by atoms with Gasteiger partial charge in [-0.25, -0.2) is 4.39 Å². The summed E-state index contributed by atoms with van der Waals surface area (Å²) in [7, 11) is 0. The fraction of sp³-hybridized carbons (Fsp3) is 1.00. The topological polar surface area (TPSA) is 90.2 Å². The Morgan fingerprint density at radius 3 is 2.25 bits per heavy atom. The third-order valence-electron chi connectivity index (χ3n) is 1.82. The Morgan fingerprint density at radius 1 is 1.17 bits per heavy atom. The zero-order chi connectivity index (χ0) is 9.30. The zero-order valence-electron chi connectivity index (χ0n) is 6.17. The third kappa shape index (κ3) is 1.57. The van der Waals surface area contributed by atoms with Crippen LogP contribution in [0, 0.1) is 0 Å². The van der Waals surface area contributed by atoms with Crippen molar-refractivity contribution < 1.29 is 29.6 Å².